The van der Waals surface area contributed by atoms with E-state index < -0.39 is 5.97 Å². The summed E-state index contributed by atoms with van der Waals surface area (Å²) in [5.41, 5.74) is 5.93. The maximum Gasteiger partial charge on any atom is 0.348 e. The van der Waals surface area contributed by atoms with Crippen LogP contribution in [0.2, 0.25) is 0 Å². The normalized spacial score (nSPS) is 11.0. The van der Waals surface area contributed by atoms with E-state index in [-0.39, 0.29) is 16.4 Å². The molecule has 6 heteroatoms. The van der Waals surface area contributed by atoms with Gasteiger partial charge in [-0.2, -0.15) is 0 Å². The number of carboxylic acid groups (broad SMARTS) is 1. The average Bonchev–Trinajstić information content (AvgIpc) is 2.91. The van der Waals surface area contributed by atoms with Crippen LogP contribution in [0.15, 0.2) is 30.3 Å². The largest absolute Gasteiger partial charge is 0.477 e. The summed E-state index contributed by atoms with van der Waals surface area (Å²) in [7, 11) is 0. The Balaban J connectivity index is 2.13. The smallest absolute Gasteiger partial charge is 0.348 e. The molecule has 0 radical (unpaired) electrons. The fraction of sp³-hybridized carbons (Fsp3) is 0. The first-order valence-corrected chi connectivity index (χ1v) is 7.00. The second-order valence-corrected chi connectivity index (χ2v) is 6.13. The number of hydrogen-bond donors (Lipinski definition) is 2. The van der Waals surface area contributed by atoms with Crippen LogP contribution in [0.5, 0.6) is 0 Å². The molecule has 0 spiro atoms. The minimum atomic E-state index is -1.03. The number of nitrogens with two attached hydrogens (primary N) is 1. The van der Waals surface area contributed by atoms with Crippen LogP contribution in [0, 0.1) is 5.82 Å². The Morgan fingerprint density at radius 3 is 2.58 bits per heavy atom. The Kier molecular flexibility index (Phi) is 2.76. The molecule has 0 unspecified atom stereocenters. The average molecular weight is 293 g/mol. The molecule has 0 bridgehead atoms. The summed E-state index contributed by atoms with van der Waals surface area (Å²) in [6.07, 6.45) is 0. The Hall–Kier alpha value is -1.92. The molecule has 0 aliphatic rings. The third kappa shape index (κ3) is 2.09. The van der Waals surface area contributed by atoms with Crippen LogP contribution in [0.25, 0.3) is 19.8 Å². The monoisotopic (exact) mass is 293 g/mol. The summed E-state index contributed by atoms with van der Waals surface area (Å²) in [5.74, 6) is -1.31. The Morgan fingerprint density at radius 2 is 1.89 bits per heavy atom. The molecule has 0 fully saturated rings. The Morgan fingerprint density at radius 1 is 1.16 bits per heavy atom. The van der Waals surface area contributed by atoms with Gasteiger partial charge in [-0.15, -0.1) is 22.7 Å². The van der Waals surface area contributed by atoms with Gasteiger partial charge in [-0.1, -0.05) is 6.07 Å². The molecule has 0 atom stereocenters. The van der Waals surface area contributed by atoms with Gasteiger partial charge >= 0.3 is 5.97 Å². The zero-order valence-electron chi connectivity index (χ0n) is 9.51. The van der Waals surface area contributed by atoms with E-state index in [2.05, 4.69) is 0 Å². The van der Waals surface area contributed by atoms with Crippen molar-refractivity contribution in [3.05, 3.63) is 41.0 Å². The predicted molar refractivity (Wildman–Crippen MR) is 76.5 cm³/mol. The van der Waals surface area contributed by atoms with E-state index >= 15 is 0 Å². The number of hydrogen-bond acceptors (Lipinski definition) is 4. The molecule has 19 heavy (non-hydrogen) atoms. The Bertz CT molecular complexity index is 791. The predicted octanol–water partition coefficient (Wildman–Crippen LogP) is 4.05. The van der Waals surface area contributed by atoms with Gasteiger partial charge in [0.2, 0.25) is 0 Å². The van der Waals surface area contributed by atoms with Gasteiger partial charge in [0.15, 0.2) is 0 Å². The molecule has 0 saturated heterocycles. The molecular weight excluding hydrogens is 285 g/mol. The number of rotatable bonds is 2. The topological polar surface area (TPSA) is 63.3 Å². The minimum Gasteiger partial charge on any atom is -0.477 e. The van der Waals surface area contributed by atoms with Gasteiger partial charge in [0, 0.05) is 14.5 Å². The highest BCUT2D eigenvalue weighted by Crippen LogP contribution is 2.39. The first kappa shape index (κ1) is 12.1. The number of anilines is 1. The lowest BCUT2D eigenvalue weighted by Crippen LogP contribution is -1.96. The van der Waals surface area contributed by atoms with E-state index in [4.69, 9.17) is 10.8 Å². The van der Waals surface area contributed by atoms with E-state index in [0.29, 0.717) is 0 Å². The number of benzene rings is 1. The van der Waals surface area contributed by atoms with E-state index in [1.54, 1.807) is 12.1 Å². The van der Waals surface area contributed by atoms with E-state index in [1.165, 1.54) is 23.5 Å². The molecular formula is C13H8FNO2S2. The van der Waals surface area contributed by atoms with Crippen molar-refractivity contribution < 1.29 is 14.3 Å². The Labute approximate surface area is 115 Å². The number of nitrogen functional groups attached to an aromatic ring is 1. The van der Waals surface area contributed by atoms with Crippen molar-refractivity contribution in [2.45, 2.75) is 0 Å². The van der Waals surface area contributed by atoms with Gasteiger partial charge in [0.1, 0.15) is 10.7 Å². The van der Waals surface area contributed by atoms with Crippen LogP contribution in [-0.4, -0.2) is 11.1 Å². The molecule has 3 aromatic rings. The number of thiophene rings is 2. The van der Waals surface area contributed by atoms with Gasteiger partial charge in [-0.05, 0) is 29.7 Å². The molecule has 0 aliphatic carbocycles. The number of halogens is 1. The fourth-order valence-electron chi connectivity index (χ4n) is 1.82. The number of carbonyl (C=O) groups is 1. The summed E-state index contributed by atoms with van der Waals surface area (Å²) >= 11 is 2.55. The zero-order chi connectivity index (χ0) is 13.6. The number of aromatic carboxylic acids is 1. The number of carboxylic acids is 1. The summed E-state index contributed by atoms with van der Waals surface area (Å²) in [5, 5.41) is 9.92. The summed E-state index contributed by atoms with van der Waals surface area (Å²) in [6, 6.07) is 8.15. The third-order valence-electron chi connectivity index (χ3n) is 2.68. The minimum absolute atomic E-state index is 0.138. The molecule has 0 amide bonds. The molecule has 2 heterocycles. The maximum absolute atomic E-state index is 13.1. The quantitative estimate of drug-likeness (QED) is 0.749. The van der Waals surface area contributed by atoms with Gasteiger partial charge in [-0.25, -0.2) is 9.18 Å². The summed E-state index contributed by atoms with van der Waals surface area (Å²) in [4.78, 5) is 12.8. The standard InChI is InChI=1S/C13H8FNO2S2/c14-7-2-1-6-3-10(18-9(6)4-7)11-5-8(15)12(19-11)13(16)17/h1-5H,15H2,(H,16,17). The van der Waals surface area contributed by atoms with Crippen LogP contribution in [-0.2, 0) is 0 Å². The van der Waals surface area contributed by atoms with Gasteiger partial charge < -0.3 is 10.8 Å². The summed E-state index contributed by atoms with van der Waals surface area (Å²) < 4.78 is 14.0. The summed E-state index contributed by atoms with van der Waals surface area (Å²) in [6.45, 7) is 0. The molecule has 3 rings (SSSR count). The SMILES string of the molecule is Nc1cc(-c2cc3ccc(F)cc3s2)sc1C(=O)O. The van der Waals surface area contributed by atoms with Crippen LogP contribution >= 0.6 is 22.7 Å². The second-order valence-electron chi connectivity index (χ2n) is 3.99. The molecule has 96 valence electrons. The molecule has 3 nitrogen and oxygen atoms in total. The van der Waals surface area contributed by atoms with Crippen LogP contribution in [0.3, 0.4) is 0 Å². The maximum atomic E-state index is 13.1. The molecule has 2 aromatic heterocycles. The van der Waals surface area contributed by atoms with Crippen molar-refractivity contribution in [3.8, 4) is 9.75 Å². The zero-order valence-corrected chi connectivity index (χ0v) is 11.1. The van der Waals surface area contributed by atoms with Gasteiger partial charge in [0.05, 0.1) is 5.69 Å². The highest BCUT2D eigenvalue weighted by atomic mass is 32.1. The number of fused-ring (bicyclic) bond motifs is 1. The molecule has 0 aliphatic heterocycles. The first-order chi connectivity index (χ1) is 9.04. The van der Waals surface area contributed by atoms with Gasteiger partial charge in [0.25, 0.3) is 0 Å². The lowest BCUT2D eigenvalue weighted by atomic mass is 10.2. The van der Waals surface area contributed by atoms with Crippen molar-refractivity contribution in [1.82, 2.24) is 0 Å². The van der Waals surface area contributed by atoms with Crippen molar-refractivity contribution in [1.29, 1.82) is 0 Å². The highest BCUT2D eigenvalue weighted by molar-refractivity contribution is 7.26. The third-order valence-corrected chi connectivity index (χ3v) is 5.11. The van der Waals surface area contributed by atoms with Crippen LogP contribution in [0.1, 0.15) is 9.67 Å². The first-order valence-electron chi connectivity index (χ1n) is 5.36. The fourth-order valence-corrected chi connectivity index (χ4v) is 3.90. The van der Waals surface area contributed by atoms with Crippen molar-refractivity contribution in [2.24, 2.45) is 0 Å². The van der Waals surface area contributed by atoms with Crippen molar-refractivity contribution >= 4 is 44.4 Å². The lowest BCUT2D eigenvalue weighted by molar-refractivity contribution is 0.0703. The van der Waals surface area contributed by atoms with Crippen molar-refractivity contribution in [3.63, 3.8) is 0 Å². The molecule has 0 saturated carbocycles. The van der Waals surface area contributed by atoms with E-state index in [1.807, 2.05) is 6.07 Å². The van der Waals surface area contributed by atoms with Gasteiger partial charge in [-0.3, -0.25) is 0 Å². The highest BCUT2D eigenvalue weighted by Gasteiger charge is 2.15. The molecule has 3 N–H and O–H groups in total. The van der Waals surface area contributed by atoms with Crippen molar-refractivity contribution in [2.75, 3.05) is 5.73 Å². The van der Waals surface area contributed by atoms with E-state index in [9.17, 15) is 9.18 Å². The van der Waals surface area contributed by atoms with Crippen LogP contribution in [0.4, 0.5) is 10.1 Å². The lowest BCUT2D eigenvalue weighted by Gasteiger charge is -1.87. The van der Waals surface area contributed by atoms with Crippen LogP contribution < -0.4 is 5.73 Å². The van der Waals surface area contributed by atoms with E-state index in [0.717, 1.165) is 31.2 Å². The molecule has 1 aromatic carbocycles. The second kappa shape index (κ2) is 4.32.